The second-order valence-corrected chi connectivity index (χ2v) is 3.39. The van der Waals surface area contributed by atoms with Crippen molar-refractivity contribution in [2.75, 3.05) is 7.11 Å². The van der Waals surface area contributed by atoms with Gasteiger partial charge in [-0.2, -0.15) is 13.2 Å². The number of alkyl halides is 3. The normalized spacial score (nSPS) is 23.6. The molecule has 0 bridgehead atoms. The summed E-state index contributed by atoms with van der Waals surface area (Å²) in [7, 11) is 1.38. The number of allylic oxidation sites excluding steroid dienone is 3. The smallest absolute Gasteiger partial charge is 0.413 e. The molecule has 1 rings (SSSR count). The van der Waals surface area contributed by atoms with Crippen LogP contribution in [-0.2, 0) is 4.74 Å². The minimum Gasteiger partial charge on any atom is -0.497 e. The Hall–Kier alpha value is -0.930. The first-order chi connectivity index (χ1) is 6.45. The second kappa shape index (κ2) is 4.07. The fourth-order valence-corrected chi connectivity index (χ4v) is 1.49. The molecule has 80 valence electrons. The molecule has 4 heteroatoms. The highest BCUT2D eigenvalue weighted by Crippen LogP contribution is 2.36. The van der Waals surface area contributed by atoms with Crippen LogP contribution in [-0.4, -0.2) is 13.3 Å². The Labute approximate surface area is 81.2 Å². The van der Waals surface area contributed by atoms with Crippen LogP contribution in [0.5, 0.6) is 0 Å². The summed E-state index contributed by atoms with van der Waals surface area (Å²) in [4.78, 5) is 0. The molecule has 0 aromatic carbocycles. The van der Waals surface area contributed by atoms with E-state index in [-0.39, 0.29) is 0 Å². The zero-order chi connectivity index (χ0) is 10.8. The first-order valence-corrected chi connectivity index (χ1v) is 4.48. The van der Waals surface area contributed by atoms with Gasteiger partial charge in [-0.3, -0.25) is 0 Å². The molecule has 0 heterocycles. The molecular weight excluding hydrogens is 193 g/mol. The molecule has 0 spiro atoms. The minimum absolute atomic E-state index is 0.307. The molecule has 14 heavy (non-hydrogen) atoms. The van der Waals surface area contributed by atoms with Crippen LogP contribution in [0.3, 0.4) is 0 Å². The zero-order valence-electron chi connectivity index (χ0n) is 8.19. The van der Waals surface area contributed by atoms with Gasteiger partial charge in [0, 0.05) is 5.57 Å². The van der Waals surface area contributed by atoms with Crippen molar-refractivity contribution in [3.63, 3.8) is 0 Å². The molecule has 0 saturated heterocycles. The quantitative estimate of drug-likeness (QED) is 0.638. The number of methoxy groups -OCH3 is 1. The third-order valence-electron chi connectivity index (χ3n) is 2.34. The Balaban J connectivity index is 2.98. The maximum absolute atomic E-state index is 12.5. The summed E-state index contributed by atoms with van der Waals surface area (Å²) in [5, 5.41) is 0. The molecule has 0 amide bonds. The van der Waals surface area contributed by atoms with Gasteiger partial charge < -0.3 is 4.74 Å². The van der Waals surface area contributed by atoms with Gasteiger partial charge in [-0.25, -0.2) is 0 Å². The second-order valence-electron chi connectivity index (χ2n) is 3.39. The van der Waals surface area contributed by atoms with Crippen LogP contribution in [0.25, 0.3) is 0 Å². The van der Waals surface area contributed by atoms with Gasteiger partial charge in [0.1, 0.15) is 5.76 Å². The summed E-state index contributed by atoms with van der Waals surface area (Å²) >= 11 is 0. The summed E-state index contributed by atoms with van der Waals surface area (Å²) < 4.78 is 42.4. The Morgan fingerprint density at radius 2 is 2.07 bits per heavy atom. The Morgan fingerprint density at radius 3 is 2.57 bits per heavy atom. The van der Waals surface area contributed by atoms with E-state index in [1.54, 1.807) is 13.0 Å². The molecule has 0 aromatic heterocycles. The molecule has 1 aliphatic carbocycles. The van der Waals surface area contributed by atoms with Crippen molar-refractivity contribution in [1.29, 1.82) is 0 Å². The van der Waals surface area contributed by atoms with E-state index in [0.717, 1.165) is 6.08 Å². The van der Waals surface area contributed by atoms with Gasteiger partial charge >= 0.3 is 6.18 Å². The Kier molecular flexibility index (Phi) is 3.24. The lowest BCUT2D eigenvalue weighted by molar-refractivity contribution is -0.0987. The molecule has 0 fully saturated rings. The number of hydrogen-bond donors (Lipinski definition) is 0. The van der Waals surface area contributed by atoms with E-state index >= 15 is 0 Å². The first-order valence-electron chi connectivity index (χ1n) is 4.48. The van der Waals surface area contributed by atoms with E-state index in [4.69, 9.17) is 4.74 Å². The molecule has 1 nitrogen and oxygen atoms in total. The molecule has 0 aromatic rings. The highest BCUT2D eigenvalue weighted by atomic mass is 19.4. The van der Waals surface area contributed by atoms with Crippen molar-refractivity contribution in [1.82, 2.24) is 0 Å². The number of hydrogen-bond acceptors (Lipinski definition) is 1. The Morgan fingerprint density at radius 1 is 1.43 bits per heavy atom. The third-order valence-corrected chi connectivity index (χ3v) is 2.34. The van der Waals surface area contributed by atoms with Gasteiger partial charge in [-0.15, -0.1) is 0 Å². The maximum Gasteiger partial charge on any atom is 0.413 e. The molecule has 1 unspecified atom stereocenters. The number of ether oxygens (including phenoxy) is 1. The van der Waals surface area contributed by atoms with Crippen LogP contribution in [0, 0.1) is 5.92 Å². The number of halogens is 3. The topological polar surface area (TPSA) is 9.23 Å². The molecule has 0 saturated carbocycles. The van der Waals surface area contributed by atoms with Crippen LogP contribution in [0.2, 0.25) is 0 Å². The zero-order valence-corrected chi connectivity index (χ0v) is 8.19. The van der Waals surface area contributed by atoms with Crippen molar-refractivity contribution in [2.45, 2.75) is 25.9 Å². The highest BCUT2D eigenvalue weighted by molar-refractivity contribution is 5.25. The van der Waals surface area contributed by atoms with Crippen molar-refractivity contribution < 1.29 is 17.9 Å². The lowest BCUT2D eigenvalue weighted by Gasteiger charge is -2.16. The summed E-state index contributed by atoms with van der Waals surface area (Å²) in [6, 6.07) is 0. The van der Waals surface area contributed by atoms with Crippen molar-refractivity contribution in [2.24, 2.45) is 5.92 Å². The predicted molar refractivity (Wildman–Crippen MR) is 47.6 cm³/mol. The highest BCUT2D eigenvalue weighted by Gasteiger charge is 2.37. The summed E-state index contributed by atoms with van der Waals surface area (Å²) in [6.07, 6.45) is -0.326. The fourth-order valence-electron chi connectivity index (χ4n) is 1.49. The van der Waals surface area contributed by atoms with Crippen molar-refractivity contribution in [3.05, 3.63) is 23.5 Å². The van der Waals surface area contributed by atoms with Gasteiger partial charge in [-0.1, -0.05) is 6.92 Å². The lowest BCUT2D eigenvalue weighted by atomic mass is 9.97. The van der Waals surface area contributed by atoms with Gasteiger partial charge in [0.25, 0.3) is 0 Å². The fraction of sp³-hybridized carbons (Fsp3) is 0.600. The molecule has 0 aliphatic heterocycles. The van der Waals surface area contributed by atoms with Crippen molar-refractivity contribution in [3.8, 4) is 0 Å². The summed E-state index contributed by atoms with van der Waals surface area (Å²) in [5.74, 6) is -0.152. The monoisotopic (exact) mass is 206 g/mol. The van der Waals surface area contributed by atoms with Gasteiger partial charge in [0.05, 0.1) is 7.11 Å². The van der Waals surface area contributed by atoms with E-state index in [9.17, 15) is 13.2 Å². The van der Waals surface area contributed by atoms with Crippen molar-refractivity contribution >= 4 is 0 Å². The third kappa shape index (κ3) is 2.53. The van der Waals surface area contributed by atoms with Gasteiger partial charge in [-0.05, 0) is 30.9 Å². The van der Waals surface area contributed by atoms with E-state index in [0.29, 0.717) is 18.6 Å². The lowest BCUT2D eigenvalue weighted by Crippen LogP contribution is -2.18. The molecule has 1 aliphatic rings. The van der Waals surface area contributed by atoms with Crippen LogP contribution in [0.15, 0.2) is 23.5 Å². The van der Waals surface area contributed by atoms with E-state index in [2.05, 4.69) is 0 Å². The van der Waals surface area contributed by atoms with Crippen LogP contribution in [0.4, 0.5) is 13.2 Å². The van der Waals surface area contributed by atoms with Crippen LogP contribution >= 0.6 is 0 Å². The molecular formula is C10H13F3O. The van der Waals surface area contributed by atoms with Crippen LogP contribution in [0.1, 0.15) is 19.8 Å². The van der Waals surface area contributed by atoms with E-state index < -0.39 is 17.7 Å². The average molecular weight is 206 g/mol. The van der Waals surface area contributed by atoms with Crippen LogP contribution < -0.4 is 0 Å². The summed E-state index contributed by atoms with van der Waals surface area (Å²) in [6.45, 7) is 1.59. The maximum atomic E-state index is 12.5. The van der Waals surface area contributed by atoms with E-state index in [1.165, 1.54) is 7.11 Å². The molecule has 0 N–H and O–H groups in total. The Bertz CT molecular complexity index is 263. The average Bonchev–Trinajstić information content (AvgIpc) is 2.25. The standard InChI is InChI=1S/C10H13F3O/c1-7-4-3-5-8(14-2)6-9(7)10(11,12)13/h5-7H,3-4H2,1-2H3. The predicted octanol–water partition coefficient (Wildman–Crippen LogP) is 3.44. The SMILES string of the molecule is COC1=CCCC(C)C(C(F)(F)F)=C1. The minimum atomic E-state index is -4.25. The van der Waals surface area contributed by atoms with Gasteiger partial charge in [0.2, 0.25) is 0 Å². The first kappa shape index (κ1) is 11.1. The molecule has 1 atom stereocenters. The number of rotatable bonds is 1. The molecule has 0 radical (unpaired) electrons. The summed E-state index contributed by atoms with van der Waals surface area (Å²) in [5.41, 5.74) is -0.497. The van der Waals surface area contributed by atoms with E-state index in [1.807, 2.05) is 0 Å². The van der Waals surface area contributed by atoms with Gasteiger partial charge in [0.15, 0.2) is 0 Å². The largest absolute Gasteiger partial charge is 0.497 e.